The van der Waals surface area contributed by atoms with Crippen molar-refractivity contribution in [2.24, 2.45) is 0 Å². The Hall–Kier alpha value is -1.23. The molecule has 0 amide bonds. The van der Waals surface area contributed by atoms with Crippen LogP contribution in [0.4, 0.5) is 0 Å². The third kappa shape index (κ3) is 11.8. The molecule has 108 valence electrons. The number of carboxylic acids is 4. The van der Waals surface area contributed by atoms with Crippen LogP contribution in [-0.2, 0) is 24.0 Å². The number of rotatable bonds is 6. The van der Waals surface area contributed by atoms with E-state index in [1.165, 1.54) is 0 Å². The first kappa shape index (κ1) is 23.8. The molecule has 0 saturated carbocycles. The number of aliphatic hydroxyl groups is 1. The van der Waals surface area contributed by atoms with Gasteiger partial charge >= 0.3 is 61.6 Å². The first-order chi connectivity index (χ1) is 8.42. The molecule has 0 unspecified atom stereocenters. The summed E-state index contributed by atoms with van der Waals surface area (Å²) < 4.78 is 0. The average molecular weight is 320 g/mol. The van der Waals surface area contributed by atoms with Crippen molar-refractivity contribution in [3.05, 3.63) is 0 Å². The van der Waals surface area contributed by atoms with Crippen LogP contribution >= 0.6 is 0 Å². The number of carbonyl (C=O) groups excluding carboxylic acids is 1. The van der Waals surface area contributed by atoms with Crippen LogP contribution in [0.1, 0.15) is 19.8 Å². The summed E-state index contributed by atoms with van der Waals surface area (Å²) in [5.41, 5.74) is -2.74. The molecule has 0 aromatic rings. The minimum Gasteiger partial charge on any atom is -0.481 e. The van der Waals surface area contributed by atoms with Gasteiger partial charge in [0.25, 0.3) is 0 Å². The maximum Gasteiger partial charge on any atom is 2.00 e. The zero-order valence-electron chi connectivity index (χ0n) is 10.4. The molecule has 0 aromatic heterocycles. The summed E-state index contributed by atoms with van der Waals surface area (Å²) in [4.78, 5) is 49.4. The number of hydrogen-bond donors (Lipinski definition) is 5. The third-order valence-electron chi connectivity index (χ3n) is 1.59. The first-order valence-corrected chi connectivity index (χ1v) is 4.55. The fourth-order valence-corrected chi connectivity index (χ4v) is 0.714. The van der Waals surface area contributed by atoms with Crippen LogP contribution in [0.25, 0.3) is 0 Å². The summed E-state index contributed by atoms with van der Waals surface area (Å²) in [5, 5.41) is 41.5. The van der Waals surface area contributed by atoms with E-state index in [1.54, 1.807) is 0 Å². The van der Waals surface area contributed by atoms with Gasteiger partial charge in [-0.2, -0.15) is 0 Å². The molecule has 20 heavy (non-hydrogen) atoms. The van der Waals surface area contributed by atoms with Gasteiger partial charge in [-0.05, 0) is 0 Å². The summed E-state index contributed by atoms with van der Waals surface area (Å²) in [6.07, 6.45) is -2.29. The van der Waals surface area contributed by atoms with Crippen LogP contribution in [0.3, 0.4) is 0 Å². The van der Waals surface area contributed by atoms with Gasteiger partial charge in [0, 0.05) is 6.92 Å². The number of carbonyl (C=O) groups is 5. The Kier molecular flexibility index (Phi) is 12.6. The van der Waals surface area contributed by atoms with Gasteiger partial charge < -0.3 is 25.5 Å². The fraction of sp³-hybridized carbons (Fsp3) is 0.444. The fourth-order valence-electron chi connectivity index (χ4n) is 0.714. The molecule has 0 spiro atoms. The molecule has 0 saturated heterocycles. The van der Waals surface area contributed by atoms with Crippen molar-refractivity contribution in [2.45, 2.75) is 25.4 Å². The van der Waals surface area contributed by atoms with Gasteiger partial charge in [0.15, 0.2) is 5.60 Å². The summed E-state index contributed by atoms with van der Waals surface area (Å²) in [5.74, 6) is -7.22. The second-order valence-electron chi connectivity index (χ2n) is 3.34. The summed E-state index contributed by atoms with van der Waals surface area (Å²) in [6.45, 7) is 1.00. The van der Waals surface area contributed by atoms with Crippen LogP contribution in [-0.4, -0.2) is 98.5 Å². The second kappa shape index (κ2) is 10.5. The van der Waals surface area contributed by atoms with Crippen LogP contribution in [0.2, 0.25) is 0 Å². The van der Waals surface area contributed by atoms with Crippen molar-refractivity contribution in [1.82, 2.24) is 0 Å². The smallest absolute Gasteiger partial charge is 0.481 e. The van der Waals surface area contributed by atoms with Crippen molar-refractivity contribution in [2.75, 3.05) is 0 Å². The second-order valence-corrected chi connectivity index (χ2v) is 3.34. The minimum atomic E-state index is -2.74. The van der Waals surface area contributed by atoms with E-state index in [4.69, 9.17) is 25.5 Å². The molecule has 5 N–H and O–H groups in total. The Bertz CT molecular complexity index is 374. The number of hydrogen-bond acceptors (Lipinski definition) is 6. The monoisotopic (exact) mass is 320 g/mol. The summed E-state index contributed by atoms with van der Waals surface area (Å²) >= 11 is 0. The van der Waals surface area contributed by atoms with Crippen molar-refractivity contribution >= 4 is 67.4 Å². The molecule has 0 aromatic carbocycles. The van der Waals surface area contributed by atoms with E-state index in [1.807, 2.05) is 0 Å². The number of aliphatic carboxylic acids is 4. The number of ketones is 1. The maximum absolute atomic E-state index is 10.3. The standard InChI is InChI=1S/C6H8O7.C3H4O3.Ca/c7-3(8)1-6(13,5(11)12)2-4(9)10;1-2(4)3(5)6;/h13H,1-2H2,(H,7,8)(H,9,10)(H,11,12);1H3,(H,5,6);/q;;+2. The van der Waals surface area contributed by atoms with Gasteiger partial charge in [-0.25, -0.2) is 9.59 Å². The molecule has 0 rings (SSSR count). The van der Waals surface area contributed by atoms with Crippen molar-refractivity contribution in [3.8, 4) is 0 Å². The van der Waals surface area contributed by atoms with Crippen LogP contribution < -0.4 is 0 Å². The van der Waals surface area contributed by atoms with Crippen LogP contribution in [0.5, 0.6) is 0 Å². The summed E-state index contributed by atoms with van der Waals surface area (Å²) in [6, 6.07) is 0. The van der Waals surface area contributed by atoms with Gasteiger partial charge in [-0.15, -0.1) is 0 Å². The van der Waals surface area contributed by atoms with Crippen molar-refractivity contribution < 1.29 is 49.5 Å². The zero-order chi connectivity index (χ0) is 15.8. The number of Topliss-reactive ketones (excluding diaryl/α,β-unsaturated/α-hetero) is 1. The van der Waals surface area contributed by atoms with Gasteiger partial charge in [-0.1, -0.05) is 0 Å². The Morgan fingerprint density at radius 1 is 0.850 bits per heavy atom. The molecule has 0 aliphatic carbocycles. The van der Waals surface area contributed by atoms with E-state index in [-0.39, 0.29) is 37.7 Å². The predicted molar refractivity (Wildman–Crippen MR) is 61.2 cm³/mol. The molecule has 0 aliphatic heterocycles. The predicted octanol–water partition coefficient (Wildman–Crippen LogP) is -1.97. The van der Waals surface area contributed by atoms with E-state index >= 15 is 0 Å². The topological polar surface area (TPSA) is 186 Å². The largest absolute Gasteiger partial charge is 2.00 e. The number of carboxylic acid groups (broad SMARTS) is 4. The minimum absolute atomic E-state index is 0. The van der Waals surface area contributed by atoms with Gasteiger partial charge in [-0.3, -0.25) is 14.4 Å². The van der Waals surface area contributed by atoms with E-state index in [2.05, 4.69) is 0 Å². The van der Waals surface area contributed by atoms with Crippen LogP contribution in [0.15, 0.2) is 0 Å². The molecule has 10 nitrogen and oxygen atoms in total. The van der Waals surface area contributed by atoms with Gasteiger partial charge in [0.2, 0.25) is 5.78 Å². The first-order valence-electron chi connectivity index (χ1n) is 4.55. The summed E-state index contributed by atoms with van der Waals surface area (Å²) in [7, 11) is 0. The zero-order valence-corrected chi connectivity index (χ0v) is 12.6. The van der Waals surface area contributed by atoms with Gasteiger partial charge in [0.05, 0.1) is 12.8 Å². The molecule has 0 atom stereocenters. The van der Waals surface area contributed by atoms with E-state index in [0.717, 1.165) is 6.92 Å². The SMILES string of the molecule is CC(=O)C(=O)O.O=C(O)CC(O)(CC(=O)O)C(=O)O.[Ca+2]. The molecule has 0 bridgehead atoms. The van der Waals surface area contributed by atoms with E-state index in [0.29, 0.717) is 0 Å². The van der Waals surface area contributed by atoms with Crippen LogP contribution in [0, 0.1) is 0 Å². The molecule has 0 heterocycles. The normalized spacial score (nSPS) is 9.30. The Balaban J connectivity index is -0.000000352. The van der Waals surface area contributed by atoms with Crippen molar-refractivity contribution in [1.29, 1.82) is 0 Å². The average Bonchev–Trinajstić information content (AvgIpc) is 2.14. The third-order valence-corrected chi connectivity index (χ3v) is 1.59. The van der Waals surface area contributed by atoms with Crippen molar-refractivity contribution in [3.63, 3.8) is 0 Å². The van der Waals surface area contributed by atoms with E-state index in [9.17, 15) is 24.0 Å². The Morgan fingerprint density at radius 3 is 1.20 bits per heavy atom. The quantitative estimate of drug-likeness (QED) is 0.271. The Morgan fingerprint density at radius 2 is 1.10 bits per heavy atom. The Labute approximate surface area is 142 Å². The molecular formula is C9H12CaO10+2. The molecular weight excluding hydrogens is 308 g/mol. The van der Waals surface area contributed by atoms with Gasteiger partial charge in [0.1, 0.15) is 0 Å². The molecule has 0 fully saturated rings. The maximum atomic E-state index is 10.3. The van der Waals surface area contributed by atoms with E-state index < -0.39 is 48.1 Å². The molecule has 0 radical (unpaired) electrons. The molecule has 11 heteroatoms. The molecule has 0 aliphatic rings.